The zero-order valence-electron chi connectivity index (χ0n) is 17.2. The minimum Gasteiger partial charge on any atom is -0.444 e. The summed E-state index contributed by atoms with van der Waals surface area (Å²) in [5, 5.41) is 7.42. The molecule has 0 spiro atoms. The molecule has 0 aliphatic carbocycles. The first-order valence-electron chi connectivity index (χ1n) is 9.83. The maximum atomic E-state index is 12.0. The lowest BCUT2D eigenvalue weighted by Crippen LogP contribution is -2.60. The monoisotopic (exact) mass is 472 g/mol. The minimum absolute atomic E-state index is 0.0423. The lowest BCUT2D eigenvalue weighted by molar-refractivity contribution is 0.0496. The van der Waals surface area contributed by atoms with Crippen LogP contribution in [-0.4, -0.2) is 45.8 Å². The Morgan fingerprint density at radius 1 is 1.37 bits per heavy atom. The fourth-order valence-corrected chi connectivity index (χ4v) is 3.98. The molecule has 3 aromatic rings. The van der Waals surface area contributed by atoms with Crippen molar-refractivity contribution in [1.29, 1.82) is 0 Å². The number of aromatic amines is 1. The van der Waals surface area contributed by atoms with E-state index in [1.54, 1.807) is 12.4 Å². The average molecular weight is 473 g/mol. The molecule has 0 bridgehead atoms. The summed E-state index contributed by atoms with van der Waals surface area (Å²) in [6.07, 6.45) is 6.96. The molecule has 1 saturated heterocycles. The molecule has 1 amide bonds. The molecule has 4 rings (SSSR count). The molecule has 8 nitrogen and oxygen atoms in total. The zero-order valence-corrected chi connectivity index (χ0v) is 18.8. The van der Waals surface area contributed by atoms with Crippen LogP contribution in [0.4, 0.5) is 16.2 Å². The van der Waals surface area contributed by atoms with Gasteiger partial charge in [0.2, 0.25) is 0 Å². The van der Waals surface area contributed by atoms with Gasteiger partial charge in [-0.2, -0.15) is 0 Å². The number of rotatable bonds is 5. The zero-order chi connectivity index (χ0) is 21.3. The molecular weight excluding hydrogens is 448 g/mol. The maximum Gasteiger partial charge on any atom is 0.407 e. The van der Waals surface area contributed by atoms with Crippen molar-refractivity contribution in [2.75, 3.05) is 23.3 Å². The van der Waals surface area contributed by atoms with E-state index in [2.05, 4.69) is 46.4 Å². The van der Waals surface area contributed by atoms with Gasteiger partial charge in [-0.25, -0.2) is 9.78 Å². The summed E-state index contributed by atoms with van der Waals surface area (Å²) in [6, 6.07) is 4.00. The van der Waals surface area contributed by atoms with Gasteiger partial charge in [-0.05, 0) is 48.3 Å². The van der Waals surface area contributed by atoms with E-state index in [-0.39, 0.29) is 12.1 Å². The topological polar surface area (TPSA) is 95.2 Å². The molecule has 1 fully saturated rings. The number of nitrogens with zero attached hydrogens (tertiary/aromatic N) is 3. The van der Waals surface area contributed by atoms with E-state index < -0.39 is 5.60 Å². The summed E-state index contributed by atoms with van der Waals surface area (Å²) in [5.41, 5.74) is 3.43. The number of carbonyl (C=O) groups is 1. The van der Waals surface area contributed by atoms with Gasteiger partial charge < -0.3 is 25.3 Å². The summed E-state index contributed by atoms with van der Waals surface area (Å²) < 4.78 is 6.26. The largest absolute Gasteiger partial charge is 0.444 e. The van der Waals surface area contributed by atoms with Crippen LogP contribution in [0.3, 0.4) is 0 Å². The number of amides is 1. The molecule has 0 saturated carbocycles. The summed E-state index contributed by atoms with van der Waals surface area (Å²) in [4.78, 5) is 26.1. The van der Waals surface area contributed by atoms with Gasteiger partial charge in [-0.3, -0.25) is 4.98 Å². The van der Waals surface area contributed by atoms with E-state index in [1.807, 2.05) is 45.3 Å². The van der Waals surface area contributed by atoms with Crippen molar-refractivity contribution in [3.05, 3.63) is 47.0 Å². The fraction of sp³-hybridized carbons (Fsp3) is 0.381. The highest BCUT2D eigenvalue weighted by Gasteiger charge is 2.32. The Bertz CT molecular complexity index is 1040. The van der Waals surface area contributed by atoms with Gasteiger partial charge in [0.1, 0.15) is 11.2 Å². The summed E-state index contributed by atoms with van der Waals surface area (Å²) >= 11 is 3.65. The summed E-state index contributed by atoms with van der Waals surface area (Å²) in [7, 11) is 0. The van der Waals surface area contributed by atoms with Crippen molar-refractivity contribution in [2.24, 2.45) is 0 Å². The van der Waals surface area contributed by atoms with E-state index in [0.717, 1.165) is 32.4 Å². The summed E-state index contributed by atoms with van der Waals surface area (Å²) in [5.74, 6) is 0. The van der Waals surface area contributed by atoms with Crippen molar-refractivity contribution in [3.63, 3.8) is 0 Å². The van der Waals surface area contributed by atoms with Crippen LogP contribution in [0.1, 0.15) is 26.3 Å². The van der Waals surface area contributed by atoms with Gasteiger partial charge in [0.05, 0.1) is 27.3 Å². The van der Waals surface area contributed by atoms with Crippen LogP contribution in [0, 0.1) is 0 Å². The Labute approximate surface area is 183 Å². The first-order chi connectivity index (χ1) is 14.3. The third-order valence-corrected chi connectivity index (χ3v) is 5.33. The van der Waals surface area contributed by atoms with E-state index in [1.165, 1.54) is 0 Å². The minimum atomic E-state index is -0.506. The standard InChI is InChI=1S/C21H25BrN6O2/c1-21(2,3)30-20(29)27-14-11-28(12-14)18-15(22)9-25-19-17(18)16(10-26-19)24-8-13-5-4-6-23-7-13/h4-7,9-10,14,24H,8,11-12H2,1-3H3,(H,25,26)(H,27,29). The number of anilines is 2. The lowest BCUT2D eigenvalue weighted by atomic mass is 10.1. The molecule has 158 valence electrons. The average Bonchev–Trinajstić information content (AvgIpc) is 3.06. The smallest absolute Gasteiger partial charge is 0.407 e. The lowest BCUT2D eigenvalue weighted by Gasteiger charge is -2.42. The normalized spacial score (nSPS) is 14.5. The number of H-pyrrole nitrogens is 1. The number of hydrogen-bond donors (Lipinski definition) is 3. The summed E-state index contributed by atoms with van der Waals surface area (Å²) in [6.45, 7) is 7.63. The molecule has 1 aliphatic heterocycles. The molecule has 3 aromatic heterocycles. The van der Waals surface area contributed by atoms with Gasteiger partial charge >= 0.3 is 6.09 Å². The molecule has 0 radical (unpaired) electrons. The number of halogens is 1. The third kappa shape index (κ3) is 4.51. The van der Waals surface area contributed by atoms with Gasteiger partial charge in [-0.15, -0.1) is 0 Å². The van der Waals surface area contributed by atoms with Crippen LogP contribution in [0.25, 0.3) is 11.0 Å². The van der Waals surface area contributed by atoms with Crippen molar-refractivity contribution in [2.45, 2.75) is 39.0 Å². The first kappa shape index (κ1) is 20.5. The Hall–Kier alpha value is -2.81. The Morgan fingerprint density at radius 2 is 2.17 bits per heavy atom. The number of hydrogen-bond acceptors (Lipinski definition) is 6. The highest BCUT2D eigenvalue weighted by atomic mass is 79.9. The number of alkyl carbamates (subject to hydrolysis) is 1. The Morgan fingerprint density at radius 3 is 2.87 bits per heavy atom. The van der Waals surface area contributed by atoms with Gasteiger partial charge in [0.25, 0.3) is 0 Å². The van der Waals surface area contributed by atoms with Crippen molar-refractivity contribution in [1.82, 2.24) is 20.3 Å². The number of ether oxygens (including phenoxy) is 1. The second-order valence-electron chi connectivity index (χ2n) is 8.34. The Balaban J connectivity index is 1.48. The molecule has 1 aliphatic rings. The van der Waals surface area contributed by atoms with E-state index in [9.17, 15) is 4.79 Å². The molecule has 0 unspecified atom stereocenters. The van der Waals surface area contributed by atoms with Crippen LogP contribution < -0.4 is 15.5 Å². The number of pyridine rings is 2. The predicted molar refractivity (Wildman–Crippen MR) is 121 cm³/mol. The van der Waals surface area contributed by atoms with Gasteiger partial charge in [0.15, 0.2) is 0 Å². The number of nitrogens with one attached hydrogen (secondary N) is 3. The number of aromatic nitrogens is 3. The van der Waals surface area contributed by atoms with Gasteiger partial charge in [-0.1, -0.05) is 6.07 Å². The number of carbonyl (C=O) groups excluding carboxylic acids is 1. The van der Waals surface area contributed by atoms with Crippen LogP contribution in [0.2, 0.25) is 0 Å². The van der Waals surface area contributed by atoms with Crippen molar-refractivity contribution in [3.8, 4) is 0 Å². The highest BCUT2D eigenvalue weighted by Crippen LogP contribution is 2.39. The molecule has 3 N–H and O–H groups in total. The predicted octanol–water partition coefficient (Wildman–Crippen LogP) is 4.05. The maximum absolute atomic E-state index is 12.0. The van der Waals surface area contributed by atoms with E-state index >= 15 is 0 Å². The molecule has 4 heterocycles. The van der Waals surface area contributed by atoms with Crippen LogP contribution in [0.5, 0.6) is 0 Å². The molecule has 0 aromatic carbocycles. The van der Waals surface area contributed by atoms with Crippen LogP contribution >= 0.6 is 15.9 Å². The van der Waals surface area contributed by atoms with Crippen LogP contribution in [-0.2, 0) is 11.3 Å². The van der Waals surface area contributed by atoms with Crippen molar-refractivity contribution >= 4 is 44.4 Å². The Kier molecular flexibility index (Phi) is 5.55. The SMILES string of the molecule is CC(C)(C)OC(=O)NC1CN(c2c(Br)cnc3[nH]cc(NCc4cccnc4)c23)C1. The third-order valence-electron chi connectivity index (χ3n) is 4.75. The molecule has 30 heavy (non-hydrogen) atoms. The van der Waals surface area contributed by atoms with Crippen molar-refractivity contribution < 1.29 is 9.53 Å². The second kappa shape index (κ2) is 8.14. The molecule has 9 heteroatoms. The number of fused-ring (bicyclic) bond motifs is 1. The fourth-order valence-electron chi connectivity index (χ4n) is 3.43. The van der Waals surface area contributed by atoms with Crippen LogP contribution in [0.15, 0.2) is 41.4 Å². The van der Waals surface area contributed by atoms with E-state index in [0.29, 0.717) is 19.6 Å². The highest BCUT2D eigenvalue weighted by molar-refractivity contribution is 9.10. The molecule has 0 atom stereocenters. The first-order valence-corrected chi connectivity index (χ1v) is 10.6. The quantitative estimate of drug-likeness (QED) is 0.518. The van der Waals surface area contributed by atoms with Gasteiger partial charge in [0, 0.05) is 44.4 Å². The van der Waals surface area contributed by atoms with E-state index in [4.69, 9.17) is 4.74 Å². The second-order valence-corrected chi connectivity index (χ2v) is 9.20. The molecular formula is C21H25BrN6O2.